The van der Waals surface area contributed by atoms with Crippen molar-refractivity contribution in [2.24, 2.45) is 0 Å². The molecular weight excluding hydrogens is 320 g/mol. The van der Waals surface area contributed by atoms with E-state index in [0.717, 1.165) is 12.1 Å². The Morgan fingerprint density at radius 2 is 2.09 bits per heavy atom. The van der Waals surface area contributed by atoms with Gasteiger partial charge in [-0.15, -0.1) is 0 Å². The van der Waals surface area contributed by atoms with Crippen LogP contribution in [0.4, 0.5) is 11.4 Å². The monoisotopic (exact) mass is 336 g/mol. The van der Waals surface area contributed by atoms with Crippen LogP contribution in [0.15, 0.2) is 39.9 Å². The van der Waals surface area contributed by atoms with Gasteiger partial charge in [0.2, 0.25) is 5.91 Å². The summed E-state index contributed by atoms with van der Waals surface area (Å²) in [7, 11) is -3.61. The van der Waals surface area contributed by atoms with E-state index >= 15 is 0 Å². The molecule has 7 heteroatoms. The lowest BCUT2D eigenvalue weighted by molar-refractivity contribution is -0.117. The highest BCUT2D eigenvalue weighted by Gasteiger charge is 2.24. The number of hydrogen-bond acceptors (Lipinski definition) is 4. The number of nitrogens with zero attached hydrogens (tertiary/aromatic N) is 1. The van der Waals surface area contributed by atoms with E-state index in [4.69, 9.17) is 0 Å². The van der Waals surface area contributed by atoms with Crippen LogP contribution < -0.4 is 9.62 Å². The van der Waals surface area contributed by atoms with Crippen LogP contribution in [0.25, 0.3) is 0 Å². The van der Waals surface area contributed by atoms with Gasteiger partial charge in [0.05, 0.1) is 10.6 Å². The molecule has 2 heterocycles. The number of aryl methyl sites for hydroxylation is 1. The number of anilines is 2. The molecule has 1 saturated heterocycles. The predicted octanol–water partition coefficient (Wildman–Crippen LogP) is 2.98. The second-order valence-electron chi connectivity index (χ2n) is 5.22. The first-order valence-electron chi connectivity index (χ1n) is 6.93. The zero-order valence-corrected chi connectivity index (χ0v) is 13.7. The first-order chi connectivity index (χ1) is 10.5. The molecule has 1 aliphatic rings. The Balaban J connectivity index is 1.90. The van der Waals surface area contributed by atoms with E-state index < -0.39 is 10.0 Å². The van der Waals surface area contributed by atoms with E-state index in [-0.39, 0.29) is 10.8 Å². The van der Waals surface area contributed by atoms with Crippen LogP contribution in [-0.2, 0) is 14.8 Å². The number of amides is 1. The van der Waals surface area contributed by atoms with Gasteiger partial charge in [-0.25, -0.2) is 8.42 Å². The maximum absolute atomic E-state index is 12.4. The number of carbonyl (C=O) groups is 1. The van der Waals surface area contributed by atoms with E-state index in [1.54, 1.807) is 41.5 Å². The first-order valence-corrected chi connectivity index (χ1v) is 9.36. The predicted molar refractivity (Wildman–Crippen MR) is 87.9 cm³/mol. The highest BCUT2D eigenvalue weighted by Crippen LogP contribution is 2.27. The van der Waals surface area contributed by atoms with Gasteiger partial charge in [0, 0.05) is 24.0 Å². The van der Waals surface area contributed by atoms with Crippen LogP contribution in [0.2, 0.25) is 0 Å². The van der Waals surface area contributed by atoms with Gasteiger partial charge < -0.3 is 4.90 Å². The maximum atomic E-state index is 12.4. The average Bonchev–Trinajstić information content (AvgIpc) is 3.09. The molecule has 22 heavy (non-hydrogen) atoms. The molecule has 1 aromatic carbocycles. The molecule has 0 bridgehead atoms. The smallest absolute Gasteiger partial charge is 0.262 e. The zero-order chi connectivity index (χ0) is 15.7. The molecule has 2 aromatic rings. The van der Waals surface area contributed by atoms with Gasteiger partial charge in [0.1, 0.15) is 0 Å². The third kappa shape index (κ3) is 2.86. The van der Waals surface area contributed by atoms with Crippen molar-refractivity contribution in [3.8, 4) is 0 Å². The quantitative estimate of drug-likeness (QED) is 0.933. The molecule has 1 aliphatic heterocycles. The standard InChI is InChI=1S/C15H16N2O3S2/c1-11-9-13(17-7-2-3-15(17)18)4-5-14(11)22(19,20)16-12-6-8-21-10-12/h4-6,8-10,16H,2-3,7H2,1H3. The van der Waals surface area contributed by atoms with Gasteiger partial charge >= 0.3 is 0 Å². The normalized spacial score (nSPS) is 15.3. The van der Waals surface area contributed by atoms with E-state index in [1.807, 2.05) is 5.38 Å². The SMILES string of the molecule is Cc1cc(N2CCCC2=O)ccc1S(=O)(=O)Nc1ccsc1. The Bertz CT molecular complexity index is 798. The van der Waals surface area contributed by atoms with Gasteiger partial charge in [-0.3, -0.25) is 9.52 Å². The minimum absolute atomic E-state index is 0.0893. The third-order valence-corrected chi connectivity index (χ3v) is 5.83. The summed E-state index contributed by atoms with van der Waals surface area (Å²) < 4.78 is 27.4. The molecule has 1 amide bonds. The van der Waals surface area contributed by atoms with Crippen molar-refractivity contribution in [1.82, 2.24) is 0 Å². The average molecular weight is 336 g/mol. The second kappa shape index (κ2) is 5.73. The van der Waals surface area contributed by atoms with Crippen molar-refractivity contribution in [2.45, 2.75) is 24.7 Å². The molecule has 0 aliphatic carbocycles. The van der Waals surface area contributed by atoms with Gasteiger partial charge in [-0.05, 0) is 48.6 Å². The molecule has 1 fully saturated rings. The fraction of sp³-hybridized carbons (Fsp3) is 0.267. The van der Waals surface area contributed by atoms with Crippen molar-refractivity contribution in [3.05, 3.63) is 40.6 Å². The van der Waals surface area contributed by atoms with Crippen LogP contribution >= 0.6 is 11.3 Å². The number of hydrogen-bond donors (Lipinski definition) is 1. The van der Waals surface area contributed by atoms with E-state index in [1.165, 1.54) is 11.3 Å². The molecule has 1 N–H and O–H groups in total. The number of thiophene rings is 1. The fourth-order valence-corrected chi connectivity index (χ4v) is 4.50. The Morgan fingerprint density at radius 1 is 1.27 bits per heavy atom. The van der Waals surface area contributed by atoms with E-state index in [9.17, 15) is 13.2 Å². The largest absolute Gasteiger partial charge is 0.312 e. The van der Waals surface area contributed by atoms with Crippen LogP contribution in [-0.4, -0.2) is 20.9 Å². The van der Waals surface area contributed by atoms with Crippen LogP contribution in [0.1, 0.15) is 18.4 Å². The first kappa shape index (κ1) is 15.1. The zero-order valence-electron chi connectivity index (χ0n) is 12.1. The summed E-state index contributed by atoms with van der Waals surface area (Å²) in [6, 6.07) is 6.73. The van der Waals surface area contributed by atoms with Crippen molar-refractivity contribution in [2.75, 3.05) is 16.2 Å². The number of rotatable bonds is 4. The van der Waals surface area contributed by atoms with Crippen LogP contribution in [0.5, 0.6) is 0 Å². The van der Waals surface area contributed by atoms with E-state index in [2.05, 4.69) is 4.72 Å². The molecule has 0 saturated carbocycles. The molecule has 3 rings (SSSR count). The Labute approximate surface area is 133 Å². The van der Waals surface area contributed by atoms with Gasteiger partial charge in [0.25, 0.3) is 10.0 Å². The third-order valence-electron chi connectivity index (χ3n) is 3.61. The highest BCUT2D eigenvalue weighted by molar-refractivity contribution is 7.92. The Morgan fingerprint density at radius 3 is 2.68 bits per heavy atom. The van der Waals surface area contributed by atoms with Crippen LogP contribution in [0.3, 0.4) is 0 Å². The lowest BCUT2D eigenvalue weighted by Crippen LogP contribution is -2.24. The summed E-state index contributed by atoms with van der Waals surface area (Å²) in [5.41, 5.74) is 1.94. The van der Waals surface area contributed by atoms with Crippen molar-refractivity contribution in [1.29, 1.82) is 0 Å². The number of carbonyl (C=O) groups excluding carboxylic acids is 1. The topological polar surface area (TPSA) is 66.5 Å². The van der Waals surface area contributed by atoms with Gasteiger partial charge in [-0.2, -0.15) is 11.3 Å². The molecule has 0 radical (unpaired) electrons. The summed E-state index contributed by atoms with van der Waals surface area (Å²) in [4.78, 5) is 13.7. The minimum Gasteiger partial charge on any atom is -0.312 e. The molecule has 0 unspecified atom stereocenters. The summed E-state index contributed by atoms with van der Waals surface area (Å²) in [5.74, 6) is 0.0893. The minimum atomic E-state index is -3.61. The van der Waals surface area contributed by atoms with Crippen molar-refractivity contribution >= 4 is 38.6 Å². The fourth-order valence-electron chi connectivity index (χ4n) is 2.56. The van der Waals surface area contributed by atoms with Crippen molar-refractivity contribution < 1.29 is 13.2 Å². The molecule has 116 valence electrons. The molecule has 1 aromatic heterocycles. The van der Waals surface area contributed by atoms with Crippen LogP contribution in [0, 0.1) is 6.92 Å². The number of benzene rings is 1. The summed E-state index contributed by atoms with van der Waals surface area (Å²) >= 11 is 1.43. The summed E-state index contributed by atoms with van der Waals surface area (Å²) in [6.45, 7) is 2.43. The number of sulfonamides is 1. The molecular formula is C15H16N2O3S2. The lowest BCUT2D eigenvalue weighted by atomic mass is 10.2. The van der Waals surface area contributed by atoms with E-state index in [0.29, 0.717) is 24.2 Å². The Kier molecular flexibility index (Phi) is 3.92. The van der Waals surface area contributed by atoms with Gasteiger partial charge in [0.15, 0.2) is 0 Å². The van der Waals surface area contributed by atoms with Crippen molar-refractivity contribution in [3.63, 3.8) is 0 Å². The number of nitrogens with one attached hydrogen (secondary N) is 1. The lowest BCUT2D eigenvalue weighted by Gasteiger charge is -2.17. The van der Waals surface area contributed by atoms with Gasteiger partial charge in [-0.1, -0.05) is 0 Å². The molecule has 5 nitrogen and oxygen atoms in total. The highest BCUT2D eigenvalue weighted by atomic mass is 32.2. The molecule has 0 spiro atoms. The summed E-state index contributed by atoms with van der Waals surface area (Å²) in [5, 5.41) is 3.55. The molecule has 0 atom stereocenters. The maximum Gasteiger partial charge on any atom is 0.262 e. The summed E-state index contributed by atoms with van der Waals surface area (Å²) in [6.07, 6.45) is 1.40. The second-order valence-corrected chi connectivity index (χ2v) is 7.65. The Hall–Kier alpha value is -1.86.